The molecule has 0 aliphatic carbocycles. The lowest BCUT2D eigenvalue weighted by Gasteiger charge is -2.13. The van der Waals surface area contributed by atoms with Crippen LogP contribution in [-0.4, -0.2) is 46.4 Å². The zero-order valence-corrected chi connectivity index (χ0v) is 12.2. The number of amides is 2. The molecule has 0 saturated heterocycles. The highest BCUT2D eigenvalue weighted by Gasteiger charge is 2.12. The van der Waals surface area contributed by atoms with Crippen molar-refractivity contribution in [3.8, 4) is 0 Å². The second kappa shape index (κ2) is 5.88. The molecule has 0 radical (unpaired) electrons. The molecular formula is C13H13N3O4S. The number of anilines is 1. The highest BCUT2D eigenvalue weighted by atomic mass is 32.1. The Hall–Kier alpha value is -2.48. The van der Waals surface area contributed by atoms with Crippen LogP contribution in [0.3, 0.4) is 0 Å². The van der Waals surface area contributed by atoms with Crippen molar-refractivity contribution in [3.05, 3.63) is 23.8 Å². The number of hydrogen-bond acceptors (Lipinski definition) is 5. The van der Waals surface area contributed by atoms with Crippen molar-refractivity contribution < 1.29 is 19.5 Å². The zero-order chi connectivity index (χ0) is 15.6. The molecule has 0 bridgehead atoms. The summed E-state index contributed by atoms with van der Waals surface area (Å²) in [6.45, 7) is 1.31. The fourth-order valence-corrected chi connectivity index (χ4v) is 2.52. The number of aromatic carboxylic acids is 1. The van der Waals surface area contributed by atoms with E-state index in [1.807, 2.05) is 0 Å². The molecule has 0 unspecified atom stereocenters. The van der Waals surface area contributed by atoms with Crippen molar-refractivity contribution in [1.29, 1.82) is 0 Å². The predicted molar refractivity (Wildman–Crippen MR) is 78.5 cm³/mol. The monoisotopic (exact) mass is 307 g/mol. The van der Waals surface area contributed by atoms with Crippen LogP contribution in [0.1, 0.15) is 17.3 Å². The van der Waals surface area contributed by atoms with Gasteiger partial charge in [-0.25, -0.2) is 9.78 Å². The quantitative estimate of drug-likeness (QED) is 0.889. The number of fused-ring (bicyclic) bond motifs is 1. The van der Waals surface area contributed by atoms with Crippen molar-refractivity contribution in [2.75, 3.05) is 18.9 Å². The van der Waals surface area contributed by atoms with Gasteiger partial charge in [-0.15, -0.1) is 0 Å². The van der Waals surface area contributed by atoms with E-state index in [0.29, 0.717) is 15.3 Å². The molecule has 0 fully saturated rings. The molecule has 0 aliphatic heterocycles. The fourth-order valence-electron chi connectivity index (χ4n) is 1.60. The number of carbonyl (C=O) groups is 3. The number of carboxylic acid groups (broad SMARTS) is 1. The van der Waals surface area contributed by atoms with E-state index in [9.17, 15) is 14.4 Å². The molecule has 1 aromatic heterocycles. The van der Waals surface area contributed by atoms with Crippen LogP contribution < -0.4 is 5.32 Å². The number of nitrogens with zero attached hydrogens (tertiary/aromatic N) is 2. The highest BCUT2D eigenvalue weighted by Crippen LogP contribution is 2.26. The van der Waals surface area contributed by atoms with Gasteiger partial charge in [-0.2, -0.15) is 0 Å². The topological polar surface area (TPSA) is 99.6 Å². The van der Waals surface area contributed by atoms with Crippen molar-refractivity contribution in [1.82, 2.24) is 9.88 Å². The van der Waals surface area contributed by atoms with Crippen LogP contribution in [0.25, 0.3) is 10.2 Å². The minimum Gasteiger partial charge on any atom is -0.478 e. The summed E-state index contributed by atoms with van der Waals surface area (Å²) in [5, 5.41) is 11.9. The summed E-state index contributed by atoms with van der Waals surface area (Å²) in [4.78, 5) is 39.2. The molecule has 0 aliphatic rings. The summed E-state index contributed by atoms with van der Waals surface area (Å²) in [7, 11) is 1.53. The van der Waals surface area contributed by atoms with Crippen molar-refractivity contribution >= 4 is 44.5 Å². The Bertz CT molecular complexity index is 725. The maximum atomic E-state index is 11.7. The van der Waals surface area contributed by atoms with Crippen molar-refractivity contribution in [2.24, 2.45) is 0 Å². The lowest BCUT2D eigenvalue weighted by atomic mass is 10.2. The maximum Gasteiger partial charge on any atom is 0.335 e. The number of hydrogen-bond donors (Lipinski definition) is 2. The first kappa shape index (κ1) is 14.9. The molecule has 2 aromatic rings. The largest absolute Gasteiger partial charge is 0.478 e. The van der Waals surface area contributed by atoms with Gasteiger partial charge in [0.15, 0.2) is 5.13 Å². The van der Waals surface area contributed by atoms with Crippen LogP contribution in [0, 0.1) is 0 Å². The summed E-state index contributed by atoms with van der Waals surface area (Å²) in [5.41, 5.74) is 0.778. The van der Waals surface area contributed by atoms with E-state index < -0.39 is 5.97 Å². The fraction of sp³-hybridized carbons (Fsp3) is 0.231. The van der Waals surface area contributed by atoms with Gasteiger partial charge in [-0.1, -0.05) is 11.3 Å². The van der Waals surface area contributed by atoms with Crippen molar-refractivity contribution in [2.45, 2.75) is 6.92 Å². The van der Waals surface area contributed by atoms with Gasteiger partial charge in [-0.3, -0.25) is 9.59 Å². The number of likely N-dealkylation sites (N-methyl/N-ethyl adjacent to an activating group) is 1. The molecule has 2 amide bonds. The third-order valence-electron chi connectivity index (χ3n) is 2.80. The Morgan fingerprint density at radius 2 is 2.10 bits per heavy atom. The minimum absolute atomic E-state index is 0.0639. The Morgan fingerprint density at radius 3 is 2.71 bits per heavy atom. The van der Waals surface area contributed by atoms with Crippen LogP contribution in [0.15, 0.2) is 18.2 Å². The second-order valence-corrected chi connectivity index (χ2v) is 5.46. The molecule has 7 nitrogen and oxygen atoms in total. The number of carbonyl (C=O) groups excluding carboxylic acids is 2. The molecule has 1 aromatic carbocycles. The third-order valence-corrected chi connectivity index (χ3v) is 3.73. The second-order valence-electron chi connectivity index (χ2n) is 4.43. The summed E-state index contributed by atoms with van der Waals surface area (Å²) in [6, 6.07) is 4.55. The number of carboxylic acids is 1. The zero-order valence-electron chi connectivity index (χ0n) is 11.4. The Morgan fingerprint density at radius 1 is 1.38 bits per heavy atom. The van der Waals surface area contributed by atoms with Gasteiger partial charge in [0.25, 0.3) is 0 Å². The number of rotatable bonds is 4. The molecule has 1 heterocycles. The molecular weight excluding hydrogens is 294 g/mol. The summed E-state index contributed by atoms with van der Waals surface area (Å²) in [6.07, 6.45) is 0. The molecule has 110 valence electrons. The predicted octanol–water partition coefficient (Wildman–Crippen LogP) is 1.41. The smallest absolute Gasteiger partial charge is 0.335 e. The summed E-state index contributed by atoms with van der Waals surface area (Å²) < 4.78 is 0.671. The maximum absolute atomic E-state index is 11.7. The van der Waals surface area contributed by atoms with E-state index in [-0.39, 0.29) is 23.9 Å². The first-order valence-electron chi connectivity index (χ1n) is 6.02. The first-order chi connectivity index (χ1) is 9.86. The van der Waals surface area contributed by atoms with E-state index in [2.05, 4.69) is 10.3 Å². The van der Waals surface area contributed by atoms with Crippen LogP contribution in [0.4, 0.5) is 5.13 Å². The van der Waals surface area contributed by atoms with Gasteiger partial charge in [0.05, 0.1) is 22.3 Å². The van der Waals surface area contributed by atoms with E-state index in [1.165, 1.54) is 42.3 Å². The number of aromatic nitrogens is 1. The molecule has 2 N–H and O–H groups in total. The Balaban J connectivity index is 2.14. The molecule has 8 heteroatoms. The van der Waals surface area contributed by atoms with Crippen molar-refractivity contribution in [3.63, 3.8) is 0 Å². The van der Waals surface area contributed by atoms with E-state index in [1.54, 1.807) is 6.07 Å². The van der Waals surface area contributed by atoms with Gasteiger partial charge in [-0.05, 0) is 18.2 Å². The molecule has 0 spiro atoms. The van der Waals surface area contributed by atoms with E-state index >= 15 is 0 Å². The molecule has 21 heavy (non-hydrogen) atoms. The van der Waals surface area contributed by atoms with Crippen LogP contribution in [0.2, 0.25) is 0 Å². The number of nitrogens with one attached hydrogen (secondary N) is 1. The average molecular weight is 307 g/mol. The summed E-state index contributed by atoms with van der Waals surface area (Å²) in [5.74, 6) is -1.58. The Kier molecular flexibility index (Phi) is 4.18. The standard InChI is InChI=1S/C13H13N3O4S/c1-7(17)16(2)6-11(18)15-13-14-9-4-3-8(12(19)20)5-10(9)21-13/h3-5H,6H2,1-2H3,(H,19,20)(H,14,15,18). The average Bonchev–Trinajstić information content (AvgIpc) is 2.78. The SMILES string of the molecule is CC(=O)N(C)CC(=O)Nc1nc2ccc(C(=O)O)cc2s1. The lowest BCUT2D eigenvalue weighted by molar-refractivity contribution is -0.131. The van der Waals surface area contributed by atoms with E-state index in [4.69, 9.17) is 5.11 Å². The van der Waals surface area contributed by atoms with E-state index in [0.717, 1.165) is 0 Å². The van der Waals surface area contributed by atoms with Gasteiger partial charge >= 0.3 is 5.97 Å². The van der Waals surface area contributed by atoms with Gasteiger partial charge in [0.2, 0.25) is 11.8 Å². The van der Waals surface area contributed by atoms with Gasteiger partial charge in [0, 0.05) is 14.0 Å². The summed E-state index contributed by atoms with van der Waals surface area (Å²) >= 11 is 1.18. The Labute approximate surface area is 124 Å². The minimum atomic E-state index is -1.01. The first-order valence-corrected chi connectivity index (χ1v) is 6.84. The third kappa shape index (κ3) is 3.54. The molecule has 0 atom stereocenters. The number of thiazole rings is 1. The normalized spacial score (nSPS) is 10.4. The van der Waals surface area contributed by atoms with Gasteiger partial charge in [0.1, 0.15) is 0 Å². The number of benzene rings is 1. The lowest BCUT2D eigenvalue weighted by Crippen LogP contribution is -2.33. The van der Waals surface area contributed by atoms with Crippen LogP contribution in [0.5, 0.6) is 0 Å². The van der Waals surface area contributed by atoms with Gasteiger partial charge < -0.3 is 15.3 Å². The van der Waals surface area contributed by atoms with Crippen LogP contribution >= 0.6 is 11.3 Å². The highest BCUT2D eigenvalue weighted by molar-refractivity contribution is 7.22. The molecule has 0 saturated carbocycles. The van der Waals surface area contributed by atoms with Crippen LogP contribution in [-0.2, 0) is 9.59 Å². The molecule has 2 rings (SSSR count).